The highest BCUT2D eigenvalue weighted by molar-refractivity contribution is 8.01. The molecule has 1 heterocycles. The summed E-state index contributed by atoms with van der Waals surface area (Å²) in [4.78, 5) is 30.0. The van der Waals surface area contributed by atoms with Gasteiger partial charge in [-0.2, -0.15) is 0 Å². The molecule has 2 amide bonds. The number of nitrogens with one attached hydrogen (secondary N) is 2. The van der Waals surface area contributed by atoms with E-state index in [4.69, 9.17) is 14.5 Å². The molecular formula is C23H23N3O4S2. The molecule has 1 aromatic heterocycles. The summed E-state index contributed by atoms with van der Waals surface area (Å²) in [6, 6.07) is 15.1. The summed E-state index contributed by atoms with van der Waals surface area (Å²) < 4.78 is 11.4. The fraction of sp³-hybridized carbons (Fsp3) is 0.261. The minimum atomic E-state index is -0.358. The topological polar surface area (TPSA) is 89.5 Å². The molecule has 7 nitrogen and oxygen atoms in total. The Kier molecular flexibility index (Phi) is 6.96. The first-order valence-electron chi connectivity index (χ1n) is 10.1. The summed E-state index contributed by atoms with van der Waals surface area (Å²) in [5.74, 6) is 0.755. The van der Waals surface area contributed by atoms with E-state index in [1.165, 1.54) is 37.3 Å². The van der Waals surface area contributed by atoms with Crippen LogP contribution in [-0.4, -0.2) is 42.8 Å². The minimum Gasteiger partial charge on any atom is -0.496 e. The number of hydrogen-bond donors (Lipinski definition) is 2. The van der Waals surface area contributed by atoms with E-state index in [1.807, 2.05) is 30.3 Å². The largest absolute Gasteiger partial charge is 0.496 e. The lowest BCUT2D eigenvalue weighted by Gasteiger charge is -2.12. The van der Waals surface area contributed by atoms with Gasteiger partial charge in [-0.25, -0.2) is 4.98 Å². The van der Waals surface area contributed by atoms with Crippen LogP contribution in [0.5, 0.6) is 11.5 Å². The van der Waals surface area contributed by atoms with Gasteiger partial charge in [-0.15, -0.1) is 0 Å². The maximum absolute atomic E-state index is 13.2. The lowest BCUT2D eigenvalue weighted by atomic mass is 10.1. The van der Waals surface area contributed by atoms with E-state index in [0.717, 1.165) is 18.4 Å². The first kappa shape index (κ1) is 22.2. The van der Waals surface area contributed by atoms with Crippen LogP contribution in [0.15, 0.2) is 52.9 Å². The molecule has 0 spiro atoms. The Hall–Kier alpha value is -3.04. The number of nitrogens with zero attached hydrogens (tertiary/aromatic N) is 1. The second-order valence-electron chi connectivity index (χ2n) is 7.15. The summed E-state index contributed by atoms with van der Waals surface area (Å²) in [5, 5.41) is 6.54. The summed E-state index contributed by atoms with van der Waals surface area (Å²) in [6.07, 6.45) is 2.10. The van der Waals surface area contributed by atoms with Crippen molar-refractivity contribution in [1.82, 2.24) is 10.3 Å². The second-order valence-corrected chi connectivity index (χ2v) is 9.37. The van der Waals surface area contributed by atoms with Gasteiger partial charge in [0.1, 0.15) is 27.8 Å². The van der Waals surface area contributed by atoms with Crippen LogP contribution in [0.25, 0.3) is 11.3 Å². The zero-order valence-corrected chi connectivity index (χ0v) is 19.3. The number of rotatable bonds is 9. The van der Waals surface area contributed by atoms with Crippen LogP contribution in [-0.2, 0) is 4.79 Å². The Morgan fingerprint density at radius 3 is 2.38 bits per heavy atom. The van der Waals surface area contributed by atoms with Crippen molar-refractivity contribution in [1.29, 1.82) is 0 Å². The Balaban J connectivity index is 1.60. The summed E-state index contributed by atoms with van der Waals surface area (Å²) in [7, 11) is 3.02. The number of ether oxygens (including phenoxy) is 2. The average Bonchev–Trinajstić information content (AvgIpc) is 3.54. The summed E-state index contributed by atoms with van der Waals surface area (Å²) in [6.45, 7) is 0. The molecule has 1 saturated carbocycles. The van der Waals surface area contributed by atoms with Gasteiger partial charge in [-0.1, -0.05) is 59.5 Å². The molecule has 2 aromatic carbocycles. The molecule has 3 aromatic rings. The van der Waals surface area contributed by atoms with Gasteiger partial charge in [0, 0.05) is 11.6 Å². The van der Waals surface area contributed by atoms with Crippen LogP contribution in [0.1, 0.15) is 23.2 Å². The predicted molar refractivity (Wildman–Crippen MR) is 127 cm³/mol. The number of aromatic nitrogens is 1. The molecule has 1 aliphatic carbocycles. The van der Waals surface area contributed by atoms with Gasteiger partial charge < -0.3 is 20.1 Å². The molecule has 0 aliphatic heterocycles. The highest BCUT2D eigenvalue weighted by Gasteiger charge is 2.24. The van der Waals surface area contributed by atoms with Crippen molar-refractivity contribution in [3.8, 4) is 22.8 Å². The van der Waals surface area contributed by atoms with E-state index < -0.39 is 0 Å². The number of hydrogen-bond acceptors (Lipinski definition) is 7. The van der Waals surface area contributed by atoms with Crippen molar-refractivity contribution in [3.63, 3.8) is 0 Å². The number of thiazole rings is 1. The molecule has 0 radical (unpaired) electrons. The van der Waals surface area contributed by atoms with Crippen molar-refractivity contribution >= 4 is 39.9 Å². The molecule has 4 rings (SSSR count). The van der Waals surface area contributed by atoms with Crippen LogP contribution in [0, 0.1) is 0 Å². The fourth-order valence-corrected chi connectivity index (χ4v) is 4.98. The molecule has 1 aliphatic rings. The number of benzene rings is 2. The Morgan fingerprint density at radius 1 is 1.06 bits per heavy atom. The lowest BCUT2D eigenvalue weighted by Crippen LogP contribution is -2.26. The van der Waals surface area contributed by atoms with Gasteiger partial charge in [0.05, 0.1) is 20.0 Å². The zero-order chi connectivity index (χ0) is 22.5. The maximum Gasteiger partial charge on any atom is 0.263 e. The predicted octanol–water partition coefficient (Wildman–Crippen LogP) is 4.45. The Labute approximate surface area is 194 Å². The molecular weight excluding hydrogens is 446 g/mol. The number of carbonyl (C=O) groups excluding carboxylic acids is 2. The van der Waals surface area contributed by atoms with E-state index in [-0.39, 0.29) is 17.6 Å². The van der Waals surface area contributed by atoms with E-state index in [1.54, 1.807) is 18.2 Å². The van der Waals surface area contributed by atoms with E-state index >= 15 is 0 Å². The van der Waals surface area contributed by atoms with Crippen LogP contribution in [0.3, 0.4) is 0 Å². The zero-order valence-electron chi connectivity index (χ0n) is 17.7. The number of carbonyl (C=O) groups is 2. The third-order valence-corrected chi connectivity index (χ3v) is 6.92. The molecule has 0 saturated heterocycles. The number of methoxy groups -OCH3 is 2. The average molecular weight is 470 g/mol. The van der Waals surface area contributed by atoms with Gasteiger partial charge in [-0.05, 0) is 25.0 Å². The molecule has 1 fully saturated rings. The van der Waals surface area contributed by atoms with Crippen LogP contribution >= 0.6 is 23.1 Å². The van der Waals surface area contributed by atoms with Gasteiger partial charge in [0.15, 0.2) is 4.34 Å². The van der Waals surface area contributed by atoms with Crippen molar-refractivity contribution in [2.45, 2.75) is 23.2 Å². The minimum absolute atomic E-state index is 0.00157. The molecule has 0 unspecified atom stereocenters. The van der Waals surface area contributed by atoms with Crippen molar-refractivity contribution in [2.24, 2.45) is 0 Å². The second kappa shape index (κ2) is 10.1. The van der Waals surface area contributed by atoms with Crippen molar-refractivity contribution < 1.29 is 19.1 Å². The van der Waals surface area contributed by atoms with Gasteiger partial charge in [0.25, 0.3) is 5.91 Å². The van der Waals surface area contributed by atoms with Gasteiger partial charge in [-0.3, -0.25) is 9.59 Å². The number of anilines is 1. The van der Waals surface area contributed by atoms with Gasteiger partial charge >= 0.3 is 0 Å². The van der Waals surface area contributed by atoms with E-state index in [0.29, 0.717) is 38.1 Å². The van der Waals surface area contributed by atoms with Gasteiger partial charge in [0.2, 0.25) is 5.91 Å². The molecule has 9 heteroatoms. The van der Waals surface area contributed by atoms with Crippen LogP contribution in [0.4, 0.5) is 5.00 Å². The van der Waals surface area contributed by atoms with Crippen LogP contribution < -0.4 is 20.1 Å². The summed E-state index contributed by atoms with van der Waals surface area (Å²) >= 11 is 2.70. The summed E-state index contributed by atoms with van der Waals surface area (Å²) in [5.41, 5.74) is 1.84. The molecule has 32 heavy (non-hydrogen) atoms. The molecule has 0 atom stereocenters. The van der Waals surface area contributed by atoms with Crippen molar-refractivity contribution in [2.75, 3.05) is 25.3 Å². The normalized spacial score (nSPS) is 12.8. The molecule has 166 valence electrons. The smallest absolute Gasteiger partial charge is 0.263 e. The number of amides is 2. The molecule has 2 N–H and O–H groups in total. The quantitative estimate of drug-likeness (QED) is 0.450. The highest BCUT2D eigenvalue weighted by atomic mass is 32.2. The van der Waals surface area contributed by atoms with E-state index in [9.17, 15) is 9.59 Å². The number of thioether (sulfide) groups is 1. The first-order valence-corrected chi connectivity index (χ1v) is 11.9. The monoisotopic (exact) mass is 469 g/mol. The maximum atomic E-state index is 13.2. The Morgan fingerprint density at radius 2 is 1.75 bits per heavy atom. The van der Waals surface area contributed by atoms with Crippen LogP contribution in [0.2, 0.25) is 0 Å². The molecule has 0 bridgehead atoms. The standard InChI is InChI=1S/C23H23N3O4S2/c1-29-16-9-6-10-17(30-2)19(16)21(28)26-22-20(14-7-4-3-5-8-14)25-23(32-22)31-13-18(27)24-15-11-12-15/h3-10,15H,11-13H2,1-2H3,(H,24,27)(H,26,28). The third kappa shape index (κ3) is 5.23. The third-order valence-electron chi connectivity index (χ3n) is 4.81. The fourth-order valence-electron chi connectivity index (χ4n) is 3.10. The Bertz CT molecular complexity index is 1090. The van der Waals surface area contributed by atoms with Crippen molar-refractivity contribution in [3.05, 3.63) is 54.1 Å². The SMILES string of the molecule is COc1cccc(OC)c1C(=O)Nc1sc(SCC(=O)NC2CC2)nc1-c1ccccc1. The first-order chi connectivity index (χ1) is 15.6. The van der Waals surface area contributed by atoms with E-state index in [2.05, 4.69) is 10.6 Å². The lowest BCUT2D eigenvalue weighted by molar-refractivity contribution is -0.118. The highest BCUT2D eigenvalue weighted by Crippen LogP contribution is 2.39.